The van der Waals surface area contributed by atoms with Crippen molar-refractivity contribution in [3.8, 4) is 18.1 Å². The lowest BCUT2D eigenvalue weighted by Crippen LogP contribution is -2.12. The molecule has 1 aromatic carbocycles. The van der Waals surface area contributed by atoms with Gasteiger partial charge in [0.2, 0.25) is 0 Å². The summed E-state index contributed by atoms with van der Waals surface area (Å²) in [4.78, 5) is 0. The number of hydrogen-bond acceptors (Lipinski definition) is 2. The van der Waals surface area contributed by atoms with E-state index < -0.39 is 0 Å². The molecule has 0 amide bonds. The number of aryl methyl sites for hydroxylation is 1. The summed E-state index contributed by atoms with van der Waals surface area (Å²) in [6.45, 7) is 4.77. The minimum absolute atomic E-state index is 0.360. The van der Waals surface area contributed by atoms with E-state index in [1.54, 1.807) is 0 Å². The quantitative estimate of drug-likeness (QED) is 0.605. The minimum Gasteiger partial charge on any atom is -0.492 e. The Hall–Kier alpha value is -1.46. The van der Waals surface area contributed by atoms with Gasteiger partial charge in [-0.1, -0.05) is 12.1 Å². The summed E-state index contributed by atoms with van der Waals surface area (Å²) in [6.07, 6.45) is 5.82. The Morgan fingerprint density at radius 3 is 2.81 bits per heavy atom. The largest absolute Gasteiger partial charge is 0.492 e. The van der Waals surface area contributed by atoms with Crippen LogP contribution in [0.25, 0.3) is 0 Å². The number of ether oxygens (including phenoxy) is 1. The van der Waals surface area contributed by atoms with Crippen LogP contribution in [0.1, 0.15) is 30.5 Å². The molecule has 0 aliphatic carbocycles. The Kier molecular flexibility index (Phi) is 4.88. The van der Waals surface area contributed by atoms with Crippen LogP contribution in [0.15, 0.2) is 18.2 Å². The van der Waals surface area contributed by atoms with Gasteiger partial charge in [0.25, 0.3) is 0 Å². The molecule has 1 atom stereocenters. The fraction of sp³-hybridized carbons (Fsp3) is 0.429. The maximum absolute atomic E-state index is 5.58. The van der Waals surface area contributed by atoms with E-state index >= 15 is 0 Å². The summed E-state index contributed by atoms with van der Waals surface area (Å²) in [5, 5.41) is 3.21. The first-order chi connectivity index (χ1) is 7.69. The van der Waals surface area contributed by atoms with Crippen molar-refractivity contribution in [2.24, 2.45) is 0 Å². The van der Waals surface area contributed by atoms with Gasteiger partial charge < -0.3 is 10.1 Å². The molecule has 0 saturated carbocycles. The van der Waals surface area contributed by atoms with Crippen LogP contribution in [-0.2, 0) is 0 Å². The smallest absolute Gasteiger partial charge is 0.122 e. The topological polar surface area (TPSA) is 21.3 Å². The molecular weight excluding hydrogens is 198 g/mol. The van der Waals surface area contributed by atoms with Gasteiger partial charge in [-0.25, -0.2) is 0 Å². The van der Waals surface area contributed by atoms with Crippen LogP contribution in [-0.4, -0.2) is 13.7 Å². The van der Waals surface area contributed by atoms with Gasteiger partial charge in [0.15, 0.2) is 0 Å². The molecular formula is C14H19NO. The van der Waals surface area contributed by atoms with Crippen molar-refractivity contribution in [3.63, 3.8) is 0 Å². The Morgan fingerprint density at radius 1 is 1.50 bits per heavy atom. The first-order valence-corrected chi connectivity index (χ1v) is 5.53. The van der Waals surface area contributed by atoms with Gasteiger partial charge in [-0.05, 0) is 38.1 Å². The van der Waals surface area contributed by atoms with Crippen molar-refractivity contribution >= 4 is 0 Å². The van der Waals surface area contributed by atoms with E-state index in [1.165, 1.54) is 5.56 Å². The van der Waals surface area contributed by atoms with Crippen molar-refractivity contribution in [1.82, 2.24) is 5.32 Å². The Bertz CT molecular complexity index is 379. The molecule has 0 spiro atoms. The van der Waals surface area contributed by atoms with E-state index in [1.807, 2.05) is 13.1 Å². The van der Waals surface area contributed by atoms with Crippen LogP contribution < -0.4 is 10.1 Å². The van der Waals surface area contributed by atoms with E-state index in [4.69, 9.17) is 11.2 Å². The summed E-state index contributed by atoms with van der Waals surface area (Å²) in [5.41, 5.74) is 2.42. The van der Waals surface area contributed by atoms with Crippen molar-refractivity contribution in [2.45, 2.75) is 26.3 Å². The van der Waals surface area contributed by atoms with Crippen molar-refractivity contribution in [2.75, 3.05) is 13.7 Å². The second-order valence-corrected chi connectivity index (χ2v) is 3.84. The molecule has 0 radical (unpaired) electrons. The Morgan fingerprint density at radius 2 is 2.25 bits per heavy atom. The molecule has 2 nitrogen and oxygen atoms in total. The third-order valence-electron chi connectivity index (χ3n) is 2.64. The van der Waals surface area contributed by atoms with Crippen molar-refractivity contribution in [3.05, 3.63) is 29.3 Å². The zero-order valence-corrected chi connectivity index (χ0v) is 10.2. The summed E-state index contributed by atoms with van der Waals surface area (Å²) in [7, 11) is 1.96. The van der Waals surface area contributed by atoms with E-state index in [9.17, 15) is 0 Å². The number of rotatable bonds is 5. The highest BCUT2D eigenvalue weighted by Crippen LogP contribution is 2.22. The maximum Gasteiger partial charge on any atom is 0.122 e. The second-order valence-electron chi connectivity index (χ2n) is 3.84. The molecule has 0 saturated heterocycles. The lowest BCUT2D eigenvalue weighted by atomic mass is 10.1. The first kappa shape index (κ1) is 12.6. The van der Waals surface area contributed by atoms with Crippen molar-refractivity contribution in [1.29, 1.82) is 0 Å². The maximum atomic E-state index is 5.58. The highest BCUT2D eigenvalue weighted by Gasteiger charge is 2.05. The van der Waals surface area contributed by atoms with E-state index in [2.05, 4.69) is 37.2 Å². The summed E-state index contributed by atoms with van der Waals surface area (Å²) in [5.74, 6) is 3.48. The molecule has 0 heterocycles. The van der Waals surface area contributed by atoms with Crippen LogP contribution in [0.2, 0.25) is 0 Å². The highest BCUT2D eigenvalue weighted by molar-refractivity contribution is 5.37. The molecule has 2 heteroatoms. The Labute approximate surface area is 98.0 Å². The lowest BCUT2D eigenvalue weighted by Gasteiger charge is -2.14. The highest BCUT2D eigenvalue weighted by atomic mass is 16.5. The molecule has 1 unspecified atom stereocenters. The third kappa shape index (κ3) is 3.29. The van der Waals surface area contributed by atoms with Gasteiger partial charge in [0.05, 0.1) is 6.61 Å². The molecule has 0 bridgehead atoms. The number of hydrogen-bond donors (Lipinski definition) is 1. The summed E-state index contributed by atoms with van der Waals surface area (Å²) < 4.78 is 5.58. The number of terminal acetylenes is 1. The van der Waals surface area contributed by atoms with Gasteiger partial charge in [0.1, 0.15) is 5.75 Å². The summed E-state index contributed by atoms with van der Waals surface area (Å²) >= 11 is 0. The minimum atomic E-state index is 0.360. The van der Waals surface area contributed by atoms with Crippen molar-refractivity contribution < 1.29 is 4.74 Å². The van der Waals surface area contributed by atoms with Gasteiger partial charge in [0, 0.05) is 12.5 Å². The average Bonchev–Trinajstić information content (AvgIpc) is 2.30. The second kappa shape index (κ2) is 6.19. The van der Waals surface area contributed by atoms with E-state index in [0.29, 0.717) is 19.1 Å². The standard InChI is InChI=1S/C14H19NO/c1-5-6-9-16-14-8-7-13(10-11(14)2)12(3)15-4/h1,7-8,10,12,15H,6,9H2,2-4H3. The lowest BCUT2D eigenvalue weighted by molar-refractivity contribution is 0.325. The van der Waals surface area contributed by atoms with Crippen LogP contribution in [0.4, 0.5) is 0 Å². The van der Waals surface area contributed by atoms with Gasteiger partial charge in [-0.15, -0.1) is 12.3 Å². The monoisotopic (exact) mass is 217 g/mol. The molecule has 0 aliphatic heterocycles. The predicted octanol–water partition coefficient (Wildman–Crippen LogP) is 2.68. The molecule has 1 N–H and O–H groups in total. The zero-order valence-electron chi connectivity index (χ0n) is 10.2. The normalized spacial score (nSPS) is 11.9. The summed E-state index contributed by atoms with van der Waals surface area (Å²) in [6, 6.07) is 6.60. The fourth-order valence-corrected chi connectivity index (χ4v) is 1.49. The van der Waals surface area contributed by atoms with Crippen LogP contribution in [0, 0.1) is 19.3 Å². The molecule has 0 fully saturated rings. The molecule has 16 heavy (non-hydrogen) atoms. The average molecular weight is 217 g/mol. The SMILES string of the molecule is C#CCCOc1ccc(C(C)NC)cc1C. The van der Waals surface area contributed by atoms with Crippen LogP contribution in [0.5, 0.6) is 5.75 Å². The van der Waals surface area contributed by atoms with Gasteiger partial charge in [-0.3, -0.25) is 0 Å². The molecule has 0 aliphatic rings. The molecule has 1 aromatic rings. The fourth-order valence-electron chi connectivity index (χ4n) is 1.49. The predicted molar refractivity (Wildman–Crippen MR) is 67.6 cm³/mol. The van der Waals surface area contributed by atoms with Gasteiger partial charge >= 0.3 is 0 Å². The van der Waals surface area contributed by atoms with E-state index in [-0.39, 0.29) is 0 Å². The first-order valence-electron chi connectivity index (χ1n) is 5.53. The third-order valence-corrected chi connectivity index (χ3v) is 2.64. The number of nitrogens with one attached hydrogen (secondary N) is 1. The Balaban J connectivity index is 2.72. The van der Waals surface area contributed by atoms with Gasteiger partial charge in [-0.2, -0.15) is 0 Å². The molecule has 0 aromatic heterocycles. The van der Waals surface area contributed by atoms with Crippen LogP contribution in [0.3, 0.4) is 0 Å². The number of benzene rings is 1. The molecule has 1 rings (SSSR count). The van der Waals surface area contributed by atoms with E-state index in [0.717, 1.165) is 11.3 Å². The molecule has 86 valence electrons. The van der Waals surface area contributed by atoms with Crippen LogP contribution >= 0.6 is 0 Å². The zero-order chi connectivity index (χ0) is 12.0.